The van der Waals surface area contributed by atoms with Crippen LogP contribution in [0.5, 0.6) is 0 Å². The summed E-state index contributed by atoms with van der Waals surface area (Å²) in [4.78, 5) is 26.8. The third-order valence-electron chi connectivity index (χ3n) is 2.37. The van der Waals surface area contributed by atoms with Crippen LogP contribution < -0.4 is 11.1 Å². The predicted molar refractivity (Wildman–Crippen MR) is 53.3 cm³/mol. The number of aromatic nitrogens is 2. The molecule has 1 aliphatic heterocycles. The van der Waals surface area contributed by atoms with Crippen LogP contribution in [0, 0.1) is 5.92 Å². The molecule has 74 valence electrons. The molecule has 2 N–H and O–H groups in total. The van der Waals surface area contributed by atoms with Crippen molar-refractivity contribution in [2.24, 2.45) is 10.9 Å². The van der Waals surface area contributed by atoms with Gasteiger partial charge in [-0.25, -0.2) is 0 Å². The van der Waals surface area contributed by atoms with Crippen LogP contribution in [0.15, 0.2) is 14.6 Å². The number of nitrogens with one attached hydrogen (secondary N) is 2. The van der Waals surface area contributed by atoms with E-state index in [9.17, 15) is 9.59 Å². The maximum Gasteiger partial charge on any atom is 0.288 e. The summed E-state index contributed by atoms with van der Waals surface area (Å²) in [6.07, 6.45) is 3.18. The van der Waals surface area contributed by atoms with Gasteiger partial charge in [-0.15, -0.1) is 0 Å². The van der Waals surface area contributed by atoms with E-state index in [2.05, 4.69) is 15.2 Å². The van der Waals surface area contributed by atoms with Gasteiger partial charge in [0.1, 0.15) is 5.69 Å². The lowest BCUT2D eigenvalue weighted by atomic mass is 10.0. The minimum atomic E-state index is -0.329. The van der Waals surface area contributed by atoms with E-state index in [1.54, 1.807) is 6.21 Å². The van der Waals surface area contributed by atoms with Crippen molar-refractivity contribution in [1.29, 1.82) is 0 Å². The van der Waals surface area contributed by atoms with E-state index in [0.717, 1.165) is 6.42 Å². The summed E-state index contributed by atoms with van der Waals surface area (Å²) in [7, 11) is 0. The number of aliphatic imine (C=N–C) groups is 1. The fourth-order valence-electron chi connectivity index (χ4n) is 1.51. The van der Waals surface area contributed by atoms with Crippen molar-refractivity contribution in [3.05, 3.63) is 26.3 Å². The molecule has 14 heavy (non-hydrogen) atoms. The first-order valence-electron chi connectivity index (χ1n) is 4.56. The van der Waals surface area contributed by atoms with Gasteiger partial charge in [0, 0.05) is 6.21 Å². The summed E-state index contributed by atoms with van der Waals surface area (Å²) in [5.74, 6) is 0.307. The molecule has 0 aliphatic carbocycles. The van der Waals surface area contributed by atoms with Crippen molar-refractivity contribution in [2.45, 2.75) is 19.8 Å². The quantitative estimate of drug-likeness (QED) is 0.623. The third-order valence-corrected chi connectivity index (χ3v) is 2.37. The molecule has 0 saturated heterocycles. The van der Waals surface area contributed by atoms with Gasteiger partial charge in [-0.05, 0) is 18.8 Å². The Morgan fingerprint density at radius 3 is 2.86 bits per heavy atom. The molecule has 5 nitrogen and oxygen atoms in total. The molecule has 2 rings (SSSR count). The monoisotopic (exact) mass is 193 g/mol. The highest BCUT2D eigenvalue weighted by Gasteiger charge is 2.14. The summed E-state index contributed by atoms with van der Waals surface area (Å²) >= 11 is 0. The number of hydrogen-bond donors (Lipinski definition) is 2. The van der Waals surface area contributed by atoms with Crippen LogP contribution in [0.2, 0.25) is 0 Å². The minimum absolute atomic E-state index is 0.245. The molecule has 0 spiro atoms. The highest BCUT2D eigenvalue weighted by molar-refractivity contribution is 5.67. The van der Waals surface area contributed by atoms with Crippen LogP contribution in [-0.2, 0) is 6.42 Å². The first-order valence-corrected chi connectivity index (χ1v) is 4.56. The largest absolute Gasteiger partial charge is 0.288 e. The fourth-order valence-corrected chi connectivity index (χ4v) is 1.51. The van der Waals surface area contributed by atoms with Crippen molar-refractivity contribution in [3.8, 4) is 0 Å². The zero-order valence-corrected chi connectivity index (χ0v) is 7.83. The Labute approximate surface area is 79.9 Å². The lowest BCUT2D eigenvalue weighted by Gasteiger charge is -2.00. The predicted octanol–water partition coefficient (Wildman–Crippen LogP) is 0.348. The molecule has 0 amide bonds. The zero-order valence-electron chi connectivity index (χ0n) is 7.83. The number of hydrogen-bond acceptors (Lipinski definition) is 3. The van der Waals surface area contributed by atoms with Gasteiger partial charge in [0.05, 0.1) is 5.56 Å². The number of H-pyrrole nitrogens is 2. The zero-order chi connectivity index (χ0) is 10.1. The number of rotatable bonds is 0. The number of nitrogens with zero attached hydrogens (tertiary/aromatic N) is 1. The highest BCUT2D eigenvalue weighted by Crippen LogP contribution is 2.17. The average Bonchev–Trinajstić information content (AvgIpc) is 2.35. The smallest absolute Gasteiger partial charge is 0.268 e. The van der Waals surface area contributed by atoms with Crippen LogP contribution in [0.3, 0.4) is 0 Å². The van der Waals surface area contributed by atoms with Crippen LogP contribution in [-0.4, -0.2) is 16.4 Å². The molecule has 0 bridgehead atoms. The number of fused-ring (bicyclic) bond motifs is 1. The Balaban J connectivity index is 2.67. The van der Waals surface area contributed by atoms with Gasteiger partial charge in [0.25, 0.3) is 11.1 Å². The van der Waals surface area contributed by atoms with Crippen molar-refractivity contribution in [1.82, 2.24) is 10.2 Å². The lowest BCUT2D eigenvalue weighted by Crippen LogP contribution is -2.22. The van der Waals surface area contributed by atoms with Gasteiger partial charge in [-0.2, -0.15) is 0 Å². The molecule has 0 radical (unpaired) electrons. The van der Waals surface area contributed by atoms with Crippen LogP contribution in [0.25, 0.3) is 0 Å². The summed E-state index contributed by atoms with van der Waals surface area (Å²) in [6.45, 7) is 2.01. The van der Waals surface area contributed by atoms with Crippen molar-refractivity contribution < 1.29 is 0 Å². The topological polar surface area (TPSA) is 78.1 Å². The van der Waals surface area contributed by atoms with E-state index in [0.29, 0.717) is 17.9 Å². The van der Waals surface area contributed by atoms with Crippen LogP contribution >= 0.6 is 0 Å². The Morgan fingerprint density at radius 2 is 2.07 bits per heavy atom. The first-order chi connectivity index (χ1) is 6.68. The van der Waals surface area contributed by atoms with E-state index in [-0.39, 0.29) is 16.8 Å². The maximum atomic E-state index is 11.4. The highest BCUT2D eigenvalue weighted by atomic mass is 16.1. The Bertz CT molecular complexity index is 484. The molecule has 5 heteroatoms. The SMILES string of the molecule is CC1C=Nc2c(c(=O)[nH][nH]c2=O)CC1. The van der Waals surface area contributed by atoms with Crippen molar-refractivity contribution in [2.75, 3.05) is 0 Å². The van der Waals surface area contributed by atoms with Gasteiger partial charge in [0.15, 0.2) is 0 Å². The summed E-state index contributed by atoms with van der Waals surface area (Å²) in [6, 6.07) is 0. The lowest BCUT2D eigenvalue weighted by molar-refractivity contribution is 0.695. The molecule has 1 unspecified atom stereocenters. The van der Waals surface area contributed by atoms with E-state index in [1.807, 2.05) is 6.92 Å². The fraction of sp³-hybridized carbons (Fsp3) is 0.444. The molecule has 1 atom stereocenters. The van der Waals surface area contributed by atoms with E-state index >= 15 is 0 Å². The summed E-state index contributed by atoms with van der Waals surface area (Å²) in [5.41, 5.74) is 0.184. The van der Waals surface area contributed by atoms with E-state index < -0.39 is 0 Å². The Hall–Kier alpha value is -1.65. The maximum absolute atomic E-state index is 11.4. The minimum Gasteiger partial charge on any atom is -0.268 e. The second-order valence-corrected chi connectivity index (χ2v) is 3.53. The van der Waals surface area contributed by atoms with Crippen molar-refractivity contribution in [3.63, 3.8) is 0 Å². The molecule has 1 aromatic heterocycles. The molecular weight excluding hydrogens is 182 g/mol. The normalized spacial score (nSPS) is 20.2. The van der Waals surface area contributed by atoms with E-state index in [4.69, 9.17) is 0 Å². The van der Waals surface area contributed by atoms with Gasteiger partial charge in [0.2, 0.25) is 0 Å². The van der Waals surface area contributed by atoms with Crippen LogP contribution in [0.4, 0.5) is 5.69 Å². The summed E-state index contributed by atoms with van der Waals surface area (Å²) < 4.78 is 0. The van der Waals surface area contributed by atoms with Gasteiger partial charge >= 0.3 is 0 Å². The molecule has 1 aliphatic rings. The molecule has 0 saturated carbocycles. The second kappa shape index (κ2) is 3.25. The molecule has 1 aromatic rings. The third kappa shape index (κ3) is 1.41. The van der Waals surface area contributed by atoms with Crippen molar-refractivity contribution >= 4 is 11.9 Å². The summed E-state index contributed by atoms with van der Waals surface area (Å²) in [5, 5.41) is 4.57. The van der Waals surface area contributed by atoms with Gasteiger partial charge < -0.3 is 0 Å². The molecule has 0 aromatic carbocycles. The van der Waals surface area contributed by atoms with Gasteiger partial charge in [-0.1, -0.05) is 6.92 Å². The van der Waals surface area contributed by atoms with Crippen LogP contribution in [0.1, 0.15) is 18.9 Å². The van der Waals surface area contributed by atoms with Gasteiger partial charge in [-0.3, -0.25) is 24.8 Å². The Kier molecular flexibility index (Phi) is 2.07. The molecule has 2 heterocycles. The molecular formula is C9H11N3O2. The molecule has 0 fully saturated rings. The second-order valence-electron chi connectivity index (χ2n) is 3.53. The standard InChI is InChI=1S/C9H11N3O2/c1-5-2-3-6-7(10-4-5)9(14)12-11-8(6)13/h4-5H,2-3H2,1H3,(H,11,13)(H,12,14). The number of aromatic amines is 2. The Morgan fingerprint density at radius 1 is 1.36 bits per heavy atom. The first kappa shape index (κ1) is 8.93. The van der Waals surface area contributed by atoms with E-state index in [1.165, 1.54) is 0 Å². The average molecular weight is 193 g/mol.